The first-order valence-corrected chi connectivity index (χ1v) is 9.48. The Labute approximate surface area is 138 Å². The van der Waals surface area contributed by atoms with E-state index in [1.54, 1.807) is 0 Å². The van der Waals surface area contributed by atoms with Crippen molar-refractivity contribution in [3.63, 3.8) is 0 Å². The van der Waals surface area contributed by atoms with Crippen LogP contribution in [0.3, 0.4) is 0 Å². The van der Waals surface area contributed by atoms with Crippen molar-refractivity contribution in [3.8, 4) is 0 Å². The van der Waals surface area contributed by atoms with Crippen LogP contribution < -0.4 is 0 Å². The number of unbranched alkanes of at least 4 members (excludes halogenated alkanes) is 3. The Kier molecular flexibility index (Phi) is 8.28. The highest BCUT2D eigenvalue weighted by atomic mass is 31.0. The molecule has 0 spiro atoms. The summed E-state index contributed by atoms with van der Waals surface area (Å²) in [6.45, 7) is 0. The molecule has 2 aromatic carbocycles. The minimum Gasteiger partial charge on any atom is -0.138 e. The summed E-state index contributed by atoms with van der Waals surface area (Å²) in [5, 5.41) is 0. The summed E-state index contributed by atoms with van der Waals surface area (Å²) in [5.74, 6) is 0.765. The van der Waals surface area contributed by atoms with E-state index >= 15 is 0 Å². The van der Waals surface area contributed by atoms with Crippen LogP contribution in [-0.2, 0) is 12.8 Å². The van der Waals surface area contributed by atoms with Crippen LogP contribution in [0.15, 0.2) is 60.7 Å². The van der Waals surface area contributed by atoms with Gasteiger partial charge in [-0.05, 0) is 48.9 Å². The quantitative estimate of drug-likeness (QED) is 0.378. The smallest absolute Gasteiger partial charge is 0.0247 e. The van der Waals surface area contributed by atoms with E-state index < -0.39 is 0 Å². The highest BCUT2D eigenvalue weighted by Crippen LogP contribution is 2.21. The summed E-state index contributed by atoms with van der Waals surface area (Å²) < 4.78 is 0. The van der Waals surface area contributed by atoms with E-state index in [1.165, 1.54) is 62.2 Å². The summed E-state index contributed by atoms with van der Waals surface area (Å²) in [6.07, 6.45) is 10.5. The minimum atomic E-state index is 0.765. The molecule has 0 radical (unpaired) electrons. The summed E-state index contributed by atoms with van der Waals surface area (Å²) in [7, 11) is 2.83. The minimum absolute atomic E-state index is 0.765. The van der Waals surface area contributed by atoms with Crippen LogP contribution in [-0.4, -0.2) is 6.16 Å². The van der Waals surface area contributed by atoms with E-state index in [2.05, 4.69) is 69.9 Å². The summed E-state index contributed by atoms with van der Waals surface area (Å²) >= 11 is 0. The van der Waals surface area contributed by atoms with E-state index in [0.29, 0.717) is 0 Å². The summed E-state index contributed by atoms with van der Waals surface area (Å²) in [4.78, 5) is 0. The van der Waals surface area contributed by atoms with Crippen molar-refractivity contribution < 1.29 is 0 Å². The van der Waals surface area contributed by atoms with E-state index in [-0.39, 0.29) is 0 Å². The molecular weight excluding hydrogens is 283 g/mol. The van der Waals surface area contributed by atoms with Crippen LogP contribution >= 0.6 is 9.24 Å². The largest absolute Gasteiger partial charge is 0.138 e. The van der Waals surface area contributed by atoms with Gasteiger partial charge in [0.15, 0.2) is 0 Å². The zero-order valence-corrected chi connectivity index (χ0v) is 14.7. The second-order valence-corrected chi connectivity index (χ2v) is 6.81. The average Bonchev–Trinajstić information content (AvgIpc) is 2.56. The summed E-state index contributed by atoms with van der Waals surface area (Å²) in [5.41, 5.74) is 2.96. The number of benzene rings is 2. The zero-order valence-electron chi connectivity index (χ0n) is 13.6. The molecule has 0 aliphatic carbocycles. The lowest BCUT2D eigenvalue weighted by atomic mass is 9.88. The molecular formula is C21H29P. The molecule has 118 valence electrons. The lowest BCUT2D eigenvalue weighted by Gasteiger charge is -2.17. The molecule has 1 heteroatoms. The molecule has 0 nitrogen and oxygen atoms in total. The van der Waals surface area contributed by atoms with Crippen molar-refractivity contribution in [3.05, 3.63) is 71.8 Å². The SMILES string of the molecule is PCCCCCCC(Cc1ccccc1)Cc1ccccc1. The highest BCUT2D eigenvalue weighted by Gasteiger charge is 2.10. The molecule has 0 fully saturated rings. The fraction of sp³-hybridized carbons (Fsp3) is 0.429. The van der Waals surface area contributed by atoms with Gasteiger partial charge in [0, 0.05) is 0 Å². The van der Waals surface area contributed by atoms with Gasteiger partial charge in [-0.15, -0.1) is 9.24 Å². The Hall–Kier alpha value is -1.13. The number of hydrogen-bond donors (Lipinski definition) is 0. The van der Waals surface area contributed by atoms with Crippen molar-refractivity contribution in [2.45, 2.75) is 44.9 Å². The normalized spacial score (nSPS) is 11.0. The van der Waals surface area contributed by atoms with Gasteiger partial charge in [-0.1, -0.05) is 79.9 Å². The monoisotopic (exact) mass is 312 g/mol. The molecule has 0 saturated carbocycles. The van der Waals surface area contributed by atoms with Crippen molar-refractivity contribution in [1.82, 2.24) is 0 Å². The Morgan fingerprint density at radius 1 is 0.636 bits per heavy atom. The van der Waals surface area contributed by atoms with Crippen LogP contribution in [0.4, 0.5) is 0 Å². The van der Waals surface area contributed by atoms with Gasteiger partial charge < -0.3 is 0 Å². The van der Waals surface area contributed by atoms with Crippen LogP contribution in [0.2, 0.25) is 0 Å². The standard InChI is InChI=1S/C21H29P/c22-16-10-2-1-5-15-21(17-19-11-6-3-7-12-19)18-20-13-8-4-9-14-20/h3-4,6-9,11-14,21H,1-2,5,10,15-18,22H2. The third-order valence-corrected chi connectivity index (χ3v) is 4.71. The first kappa shape index (κ1) is 17.2. The maximum atomic E-state index is 2.83. The van der Waals surface area contributed by atoms with E-state index in [1.807, 2.05) is 0 Å². The van der Waals surface area contributed by atoms with E-state index in [9.17, 15) is 0 Å². The number of rotatable bonds is 10. The van der Waals surface area contributed by atoms with Gasteiger partial charge in [0.2, 0.25) is 0 Å². The Morgan fingerprint density at radius 3 is 1.64 bits per heavy atom. The average molecular weight is 312 g/mol. The van der Waals surface area contributed by atoms with Crippen molar-refractivity contribution in [2.24, 2.45) is 5.92 Å². The van der Waals surface area contributed by atoms with E-state index in [4.69, 9.17) is 0 Å². The van der Waals surface area contributed by atoms with Crippen LogP contribution in [0.25, 0.3) is 0 Å². The lowest BCUT2D eigenvalue weighted by Crippen LogP contribution is -2.08. The van der Waals surface area contributed by atoms with Gasteiger partial charge in [-0.2, -0.15) is 0 Å². The Balaban J connectivity index is 1.88. The highest BCUT2D eigenvalue weighted by molar-refractivity contribution is 7.16. The zero-order chi connectivity index (χ0) is 15.5. The van der Waals surface area contributed by atoms with Crippen LogP contribution in [0.5, 0.6) is 0 Å². The third-order valence-electron chi connectivity index (χ3n) is 4.30. The van der Waals surface area contributed by atoms with Gasteiger partial charge >= 0.3 is 0 Å². The molecule has 2 aromatic rings. The maximum Gasteiger partial charge on any atom is -0.0247 e. The molecule has 1 atom stereocenters. The van der Waals surface area contributed by atoms with Gasteiger partial charge in [-0.25, -0.2) is 0 Å². The molecule has 0 aliphatic rings. The Bertz CT molecular complexity index is 450. The van der Waals surface area contributed by atoms with Crippen LogP contribution in [0, 0.1) is 5.92 Å². The van der Waals surface area contributed by atoms with Gasteiger partial charge in [-0.3, -0.25) is 0 Å². The van der Waals surface area contributed by atoms with Crippen LogP contribution in [0.1, 0.15) is 43.2 Å². The maximum absolute atomic E-state index is 2.83. The third kappa shape index (κ3) is 6.75. The van der Waals surface area contributed by atoms with Crippen molar-refractivity contribution >= 4 is 9.24 Å². The molecule has 0 saturated heterocycles. The second kappa shape index (κ2) is 10.6. The second-order valence-electron chi connectivity index (χ2n) is 6.24. The van der Waals surface area contributed by atoms with Gasteiger partial charge in [0.1, 0.15) is 0 Å². The van der Waals surface area contributed by atoms with Crippen molar-refractivity contribution in [2.75, 3.05) is 6.16 Å². The molecule has 0 bridgehead atoms. The molecule has 0 heterocycles. The lowest BCUT2D eigenvalue weighted by molar-refractivity contribution is 0.449. The first-order valence-electron chi connectivity index (χ1n) is 8.66. The molecule has 0 N–H and O–H groups in total. The van der Waals surface area contributed by atoms with Gasteiger partial charge in [0.25, 0.3) is 0 Å². The predicted molar refractivity (Wildman–Crippen MR) is 101 cm³/mol. The van der Waals surface area contributed by atoms with E-state index in [0.717, 1.165) is 5.92 Å². The van der Waals surface area contributed by atoms with Gasteiger partial charge in [0.05, 0.1) is 0 Å². The fourth-order valence-electron chi connectivity index (χ4n) is 3.10. The topological polar surface area (TPSA) is 0 Å². The molecule has 0 amide bonds. The Morgan fingerprint density at radius 2 is 1.14 bits per heavy atom. The molecule has 2 rings (SSSR count). The van der Waals surface area contributed by atoms with Crippen molar-refractivity contribution in [1.29, 1.82) is 0 Å². The first-order chi connectivity index (χ1) is 10.9. The molecule has 0 aliphatic heterocycles. The fourth-order valence-corrected chi connectivity index (χ4v) is 3.39. The molecule has 0 aromatic heterocycles. The summed E-state index contributed by atoms with van der Waals surface area (Å²) in [6, 6.07) is 21.9. The molecule has 22 heavy (non-hydrogen) atoms. The molecule has 1 unspecified atom stereocenters. The predicted octanol–water partition coefficient (Wildman–Crippen LogP) is 5.91. The number of hydrogen-bond acceptors (Lipinski definition) is 0.